The van der Waals surface area contributed by atoms with Crippen molar-refractivity contribution in [3.05, 3.63) is 29.3 Å². The lowest BCUT2D eigenvalue weighted by Crippen LogP contribution is -2.45. The average molecular weight is 296 g/mol. The van der Waals surface area contributed by atoms with E-state index in [2.05, 4.69) is 0 Å². The fraction of sp³-hybridized carbons (Fsp3) is 0.467. The van der Waals surface area contributed by atoms with Gasteiger partial charge in [0.05, 0.1) is 0 Å². The largest absolute Gasteiger partial charge is 0.484 e. The third kappa shape index (κ3) is 3.73. The number of hydrogen-bond acceptors (Lipinski definition) is 3. The highest BCUT2D eigenvalue weighted by molar-refractivity contribution is 6.30. The third-order valence-electron chi connectivity index (χ3n) is 3.55. The fourth-order valence-corrected chi connectivity index (χ4v) is 2.38. The lowest BCUT2D eigenvalue weighted by Gasteiger charge is -2.31. The Bertz CT molecular complexity index is 486. The van der Waals surface area contributed by atoms with Crippen LogP contribution in [0.15, 0.2) is 24.3 Å². The highest BCUT2D eigenvalue weighted by Gasteiger charge is 2.28. The summed E-state index contributed by atoms with van der Waals surface area (Å²) in [5, 5.41) is 0.629. The highest BCUT2D eigenvalue weighted by atomic mass is 35.5. The number of rotatable bonds is 4. The van der Waals surface area contributed by atoms with Gasteiger partial charge in [-0.05, 0) is 30.7 Å². The summed E-state index contributed by atoms with van der Waals surface area (Å²) in [6.07, 6.45) is 1.23. The molecule has 1 unspecified atom stereocenters. The molecule has 1 heterocycles. The summed E-state index contributed by atoms with van der Waals surface area (Å²) < 4.78 is 5.44. The van der Waals surface area contributed by atoms with Gasteiger partial charge in [0, 0.05) is 30.5 Å². The molecule has 0 aromatic heterocycles. The van der Waals surface area contributed by atoms with Crippen LogP contribution in [-0.4, -0.2) is 36.3 Å². The van der Waals surface area contributed by atoms with Gasteiger partial charge in [-0.2, -0.15) is 0 Å². The SMILES string of the molecule is CCC1CN(C(=O)COc2ccc(Cl)cc2)CCC1=O. The number of halogens is 1. The first-order valence-electron chi connectivity index (χ1n) is 6.79. The van der Waals surface area contributed by atoms with Gasteiger partial charge in [0.1, 0.15) is 11.5 Å². The maximum absolute atomic E-state index is 12.1. The number of benzene rings is 1. The number of amides is 1. The monoisotopic (exact) mass is 295 g/mol. The maximum atomic E-state index is 12.1. The number of piperidine rings is 1. The van der Waals surface area contributed by atoms with Crippen LogP contribution in [0.5, 0.6) is 5.75 Å². The van der Waals surface area contributed by atoms with Crippen LogP contribution in [0.25, 0.3) is 0 Å². The quantitative estimate of drug-likeness (QED) is 0.857. The van der Waals surface area contributed by atoms with Gasteiger partial charge in [-0.15, -0.1) is 0 Å². The molecule has 0 radical (unpaired) electrons. The van der Waals surface area contributed by atoms with Crippen molar-refractivity contribution >= 4 is 23.3 Å². The molecule has 4 nitrogen and oxygen atoms in total. The molecule has 0 bridgehead atoms. The summed E-state index contributed by atoms with van der Waals surface area (Å²) in [6.45, 7) is 2.98. The van der Waals surface area contributed by atoms with Crippen molar-refractivity contribution in [2.75, 3.05) is 19.7 Å². The zero-order valence-electron chi connectivity index (χ0n) is 11.5. The van der Waals surface area contributed by atoms with E-state index in [-0.39, 0.29) is 24.2 Å². The minimum absolute atomic E-state index is 0.00768. The van der Waals surface area contributed by atoms with E-state index in [0.717, 1.165) is 6.42 Å². The molecule has 1 saturated heterocycles. The molecule has 2 rings (SSSR count). The topological polar surface area (TPSA) is 46.6 Å². The van der Waals surface area contributed by atoms with E-state index in [1.54, 1.807) is 29.2 Å². The van der Waals surface area contributed by atoms with Crippen molar-refractivity contribution in [1.82, 2.24) is 4.90 Å². The first-order chi connectivity index (χ1) is 9.60. The normalized spacial score (nSPS) is 19.0. The van der Waals surface area contributed by atoms with E-state index in [9.17, 15) is 9.59 Å². The lowest BCUT2D eigenvalue weighted by atomic mass is 9.94. The summed E-state index contributed by atoms with van der Waals surface area (Å²) in [6, 6.07) is 6.89. The van der Waals surface area contributed by atoms with Gasteiger partial charge in [-0.1, -0.05) is 18.5 Å². The Morgan fingerprint density at radius 2 is 2.10 bits per heavy atom. The molecule has 1 atom stereocenters. The summed E-state index contributed by atoms with van der Waals surface area (Å²) in [4.78, 5) is 25.4. The zero-order chi connectivity index (χ0) is 14.5. The minimum atomic E-state index is -0.0779. The number of hydrogen-bond donors (Lipinski definition) is 0. The Labute approximate surface area is 123 Å². The van der Waals surface area contributed by atoms with E-state index >= 15 is 0 Å². The second kappa shape index (κ2) is 6.75. The molecular formula is C15H18ClNO3. The molecule has 0 spiro atoms. The number of nitrogens with zero attached hydrogens (tertiary/aromatic N) is 1. The van der Waals surface area contributed by atoms with Gasteiger partial charge in [0.15, 0.2) is 6.61 Å². The van der Waals surface area contributed by atoms with Crippen LogP contribution < -0.4 is 4.74 Å². The molecule has 5 heteroatoms. The first kappa shape index (κ1) is 14.9. The zero-order valence-corrected chi connectivity index (χ0v) is 12.2. The maximum Gasteiger partial charge on any atom is 0.260 e. The van der Waals surface area contributed by atoms with Gasteiger partial charge in [0.2, 0.25) is 0 Å². The predicted molar refractivity (Wildman–Crippen MR) is 76.9 cm³/mol. The van der Waals surface area contributed by atoms with Crippen LogP contribution in [0.2, 0.25) is 5.02 Å². The van der Waals surface area contributed by atoms with Gasteiger partial charge in [-0.3, -0.25) is 9.59 Å². The lowest BCUT2D eigenvalue weighted by molar-refractivity contribution is -0.138. The summed E-state index contributed by atoms with van der Waals surface area (Å²) >= 11 is 5.78. The summed E-state index contributed by atoms with van der Waals surface area (Å²) in [5.74, 6) is 0.771. The number of carbonyl (C=O) groups is 2. The Kier molecular flexibility index (Phi) is 5.01. The van der Waals surface area contributed by atoms with Crippen molar-refractivity contribution in [3.63, 3.8) is 0 Å². The smallest absolute Gasteiger partial charge is 0.260 e. The van der Waals surface area contributed by atoms with Crippen molar-refractivity contribution in [3.8, 4) is 5.75 Å². The molecule has 1 aromatic rings. The molecule has 1 aromatic carbocycles. The van der Waals surface area contributed by atoms with E-state index in [4.69, 9.17) is 16.3 Å². The van der Waals surface area contributed by atoms with E-state index in [1.807, 2.05) is 6.92 Å². The average Bonchev–Trinajstić information content (AvgIpc) is 2.47. The number of carbonyl (C=O) groups excluding carboxylic acids is 2. The van der Waals surface area contributed by atoms with Crippen molar-refractivity contribution in [1.29, 1.82) is 0 Å². The predicted octanol–water partition coefficient (Wildman–Crippen LogP) is 2.55. The molecule has 1 aliphatic heterocycles. The molecular weight excluding hydrogens is 278 g/mol. The molecule has 0 aliphatic carbocycles. The van der Waals surface area contributed by atoms with E-state index in [1.165, 1.54) is 0 Å². The standard InChI is InChI=1S/C15H18ClNO3/c1-2-11-9-17(8-7-14(11)18)15(19)10-20-13-5-3-12(16)4-6-13/h3-6,11H,2,7-10H2,1H3. The Balaban J connectivity index is 1.85. The highest BCUT2D eigenvalue weighted by Crippen LogP contribution is 2.18. The molecule has 1 amide bonds. The number of ketones is 1. The second-order valence-corrected chi connectivity index (χ2v) is 5.34. The van der Waals surface area contributed by atoms with Crippen LogP contribution in [0, 0.1) is 5.92 Å². The molecule has 108 valence electrons. The number of Topliss-reactive ketones (excluding diaryl/α,β-unsaturated/α-hetero) is 1. The van der Waals surface area contributed by atoms with Gasteiger partial charge in [0.25, 0.3) is 5.91 Å². The van der Waals surface area contributed by atoms with Crippen LogP contribution >= 0.6 is 11.6 Å². The van der Waals surface area contributed by atoms with Crippen LogP contribution in [0.4, 0.5) is 0 Å². The molecule has 0 N–H and O–H groups in total. The van der Waals surface area contributed by atoms with E-state index < -0.39 is 0 Å². The molecule has 1 aliphatic rings. The number of ether oxygens (including phenoxy) is 1. The second-order valence-electron chi connectivity index (χ2n) is 4.90. The Morgan fingerprint density at radius 3 is 2.75 bits per heavy atom. The molecule has 0 saturated carbocycles. The molecule has 1 fully saturated rings. The number of likely N-dealkylation sites (tertiary alicyclic amines) is 1. The van der Waals surface area contributed by atoms with Crippen LogP contribution in [0.1, 0.15) is 19.8 Å². The van der Waals surface area contributed by atoms with Crippen molar-refractivity contribution in [2.24, 2.45) is 5.92 Å². The molecule has 20 heavy (non-hydrogen) atoms. The fourth-order valence-electron chi connectivity index (χ4n) is 2.26. The van der Waals surface area contributed by atoms with Gasteiger partial charge >= 0.3 is 0 Å². The van der Waals surface area contributed by atoms with Crippen LogP contribution in [0.3, 0.4) is 0 Å². The Morgan fingerprint density at radius 1 is 1.40 bits per heavy atom. The first-order valence-corrected chi connectivity index (χ1v) is 7.16. The summed E-state index contributed by atoms with van der Waals surface area (Å²) in [7, 11) is 0. The van der Waals surface area contributed by atoms with Gasteiger partial charge in [-0.25, -0.2) is 0 Å². The van der Waals surface area contributed by atoms with Crippen molar-refractivity contribution in [2.45, 2.75) is 19.8 Å². The van der Waals surface area contributed by atoms with Crippen molar-refractivity contribution < 1.29 is 14.3 Å². The van der Waals surface area contributed by atoms with Crippen LogP contribution in [-0.2, 0) is 9.59 Å². The minimum Gasteiger partial charge on any atom is -0.484 e. The van der Waals surface area contributed by atoms with Gasteiger partial charge < -0.3 is 9.64 Å². The third-order valence-corrected chi connectivity index (χ3v) is 3.80. The Hall–Kier alpha value is -1.55. The summed E-state index contributed by atoms with van der Waals surface area (Å²) in [5.41, 5.74) is 0. The van der Waals surface area contributed by atoms with E-state index in [0.29, 0.717) is 30.3 Å².